The van der Waals surface area contributed by atoms with E-state index in [1.807, 2.05) is 0 Å². The van der Waals surface area contributed by atoms with Gasteiger partial charge >= 0.3 is 5.97 Å². The Hall–Kier alpha value is -1.39. The van der Waals surface area contributed by atoms with Crippen LogP contribution in [-0.4, -0.2) is 61.3 Å². The van der Waals surface area contributed by atoms with Crippen molar-refractivity contribution < 1.29 is 26.7 Å². The third-order valence-corrected chi connectivity index (χ3v) is 6.73. The summed E-state index contributed by atoms with van der Waals surface area (Å²) in [7, 11) is -7.34. The number of hydrogen-bond donors (Lipinski definition) is 2. The lowest BCUT2D eigenvalue weighted by Crippen LogP contribution is -2.44. The largest absolute Gasteiger partial charge is 0.480 e. The van der Waals surface area contributed by atoms with E-state index < -0.39 is 38.4 Å². The van der Waals surface area contributed by atoms with E-state index in [9.17, 15) is 21.6 Å². The van der Waals surface area contributed by atoms with Gasteiger partial charge in [-0.1, -0.05) is 0 Å². The molecule has 112 valence electrons. The van der Waals surface area contributed by atoms with Gasteiger partial charge in [0.25, 0.3) is 0 Å². The number of carboxylic acids is 1. The van der Waals surface area contributed by atoms with Crippen LogP contribution in [0.3, 0.4) is 0 Å². The molecule has 0 aliphatic carbocycles. The minimum Gasteiger partial charge on any atom is -0.480 e. The lowest BCUT2D eigenvalue weighted by Gasteiger charge is -2.25. The van der Waals surface area contributed by atoms with Crippen LogP contribution in [0.5, 0.6) is 0 Å². The van der Waals surface area contributed by atoms with Crippen LogP contribution in [-0.2, 0) is 24.7 Å². The predicted molar refractivity (Wildman–Crippen MR) is 69.4 cm³/mol. The highest BCUT2D eigenvalue weighted by Gasteiger charge is 2.39. The molecule has 0 saturated carbocycles. The summed E-state index contributed by atoms with van der Waals surface area (Å²) in [4.78, 5) is 13.4. The SMILES string of the molecule is O=C(O)CN(C1CCS(=O)(=O)C1)S(=O)(=O)c1cc[nH]c1. The van der Waals surface area contributed by atoms with Crippen molar-refractivity contribution in [1.82, 2.24) is 9.29 Å². The Bertz CT molecular complexity index is 692. The number of aromatic nitrogens is 1. The average Bonchev–Trinajstić information content (AvgIpc) is 2.94. The zero-order valence-corrected chi connectivity index (χ0v) is 12.0. The van der Waals surface area contributed by atoms with Crippen LogP contribution in [0.25, 0.3) is 0 Å². The van der Waals surface area contributed by atoms with Crippen molar-refractivity contribution in [3.8, 4) is 0 Å². The van der Waals surface area contributed by atoms with Crippen LogP contribution in [0.2, 0.25) is 0 Å². The van der Waals surface area contributed by atoms with Crippen molar-refractivity contribution in [3.63, 3.8) is 0 Å². The Labute approximate surface area is 116 Å². The van der Waals surface area contributed by atoms with E-state index >= 15 is 0 Å². The highest BCUT2D eigenvalue weighted by Crippen LogP contribution is 2.24. The maximum absolute atomic E-state index is 12.4. The van der Waals surface area contributed by atoms with Crippen molar-refractivity contribution in [2.24, 2.45) is 0 Å². The van der Waals surface area contributed by atoms with E-state index in [4.69, 9.17) is 5.11 Å². The lowest BCUT2D eigenvalue weighted by atomic mass is 10.2. The van der Waals surface area contributed by atoms with Crippen LogP contribution in [0.15, 0.2) is 23.4 Å². The van der Waals surface area contributed by atoms with Gasteiger partial charge in [-0.15, -0.1) is 0 Å². The molecule has 0 spiro atoms. The lowest BCUT2D eigenvalue weighted by molar-refractivity contribution is -0.137. The molecule has 0 radical (unpaired) electrons. The molecule has 1 atom stereocenters. The van der Waals surface area contributed by atoms with E-state index in [0.29, 0.717) is 0 Å². The molecule has 1 saturated heterocycles. The van der Waals surface area contributed by atoms with Crippen molar-refractivity contribution >= 4 is 25.8 Å². The summed E-state index contributed by atoms with van der Waals surface area (Å²) >= 11 is 0. The zero-order valence-electron chi connectivity index (χ0n) is 10.4. The van der Waals surface area contributed by atoms with Crippen LogP contribution >= 0.6 is 0 Å². The third-order valence-electron chi connectivity index (χ3n) is 3.08. The maximum Gasteiger partial charge on any atom is 0.318 e. The first-order valence-electron chi connectivity index (χ1n) is 5.79. The number of hydrogen-bond acceptors (Lipinski definition) is 5. The number of aliphatic carboxylic acids is 1. The minimum atomic E-state index is -4.03. The number of sulfonamides is 1. The van der Waals surface area contributed by atoms with Crippen LogP contribution in [0, 0.1) is 0 Å². The molecule has 1 fully saturated rings. The number of nitrogens with zero attached hydrogens (tertiary/aromatic N) is 1. The van der Waals surface area contributed by atoms with Crippen LogP contribution in [0.1, 0.15) is 6.42 Å². The highest BCUT2D eigenvalue weighted by molar-refractivity contribution is 7.92. The van der Waals surface area contributed by atoms with Gasteiger partial charge in [-0.3, -0.25) is 4.79 Å². The fourth-order valence-electron chi connectivity index (χ4n) is 2.15. The zero-order chi connectivity index (χ0) is 15.0. The fourth-order valence-corrected chi connectivity index (χ4v) is 5.56. The van der Waals surface area contributed by atoms with Crippen molar-refractivity contribution in [2.45, 2.75) is 17.4 Å². The molecule has 2 N–H and O–H groups in total. The van der Waals surface area contributed by atoms with Gasteiger partial charge in [0.1, 0.15) is 6.54 Å². The summed E-state index contributed by atoms with van der Waals surface area (Å²) in [5, 5.41) is 8.87. The topological polar surface area (TPSA) is 125 Å². The predicted octanol–water partition coefficient (Wildman–Crippen LogP) is -0.723. The molecular weight excluding hydrogens is 308 g/mol. The average molecular weight is 322 g/mol. The van der Waals surface area contributed by atoms with Crippen molar-refractivity contribution in [3.05, 3.63) is 18.5 Å². The Morgan fingerprint density at radius 1 is 1.50 bits per heavy atom. The number of sulfone groups is 1. The Kier molecular flexibility index (Phi) is 3.89. The quantitative estimate of drug-likeness (QED) is 0.737. The Balaban J connectivity index is 2.36. The molecule has 10 heteroatoms. The van der Waals surface area contributed by atoms with Gasteiger partial charge in [-0.25, -0.2) is 16.8 Å². The second-order valence-corrected chi connectivity index (χ2v) is 8.67. The molecule has 0 amide bonds. The summed E-state index contributed by atoms with van der Waals surface area (Å²) in [6.07, 6.45) is 2.74. The van der Waals surface area contributed by atoms with Gasteiger partial charge in [0.15, 0.2) is 9.84 Å². The van der Waals surface area contributed by atoms with E-state index in [1.165, 1.54) is 18.5 Å². The van der Waals surface area contributed by atoms with Gasteiger partial charge in [0.05, 0.1) is 16.4 Å². The molecule has 1 aliphatic heterocycles. The first kappa shape index (κ1) is 15.0. The van der Waals surface area contributed by atoms with Crippen LogP contribution < -0.4 is 0 Å². The van der Waals surface area contributed by atoms with Crippen LogP contribution in [0.4, 0.5) is 0 Å². The van der Waals surface area contributed by atoms with Gasteiger partial charge < -0.3 is 10.1 Å². The summed E-state index contributed by atoms with van der Waals surface area (Å²) in [6.45, 7) is -0.756. The third kappa shape index (κ3) is 3.02. The number of H-pyrrole nitrogens is 1. The standard InChI is InChI=1S/C10H14N2O6S2/c13-10(14)6-12(8-2-4-19(15,16)7-8)20(17,18)9-1-3-11-5-9/h1,3,5,8,11H,2,4,6-7H2,(H,13,14). The van der Waals surface area contributed by atoms with E-state index in [1.54, 1.807) is 0 Å². The molecule has 1 aromatic heterocycles. The number of carbonyl (C=O) groups is 1. The second kappa shape index (κ2) is 5.19. The van der Waals surface area contributed by atoms with Crippen molar-refractivity contribution in [2.75, 3.05) is 18.1 Å². The molecule has 2 rings (SSSR count). The van der Waals surface area contributed by atoms with E-state index in [0.717, 1.165) is 4.31 Å². The van der Waals surface area contributed by atoms with Crippen molar-refractivity contribution in [1.29, 1.82) is 0 Å². The monoisotopic (exact) mass is 322 g/mol. The molecule has 0 aromatic carbocycles. The molecule has 1 aromatic rings. The minimum absolute atomic E-state index is 0.0805. The van der Waals surface area contributed by atoms with Gasteiger partial charge in [0, 0.05) is 18.4 Å². The number of aromatic amines is 1. The fraction of sp³-hybridized carbons (Fsp3) is 0.500. The summed E-state index contributed by atoms with van der Waals surface area (Å²) in [5.74, 6) is -1.80. The summed E-state index contributed by atoms with van der Waals surface area (Å²) < 4.78 is 48.4. The Morgan fingerprint density at radius 2 is 2.20 bits per heavy atom. The van der Waals surface area contributed by atoms with Gasteiger partial charge in [-0.2, -0.15) is 4.31 Å². The molecule has 1 unspecified atom stereocenters. The number of nitrogens with one attached hydrogen (secondary N) is 1. The molecule has 20 heavy (non-hydrogen) atoms. The molecule has 2 heterocycles. The van der Waals surface area contributed by atoms with Gasteiger partial charge in [-0.05, 0) is 12.5 Å². The Morgan fingerprint density at radius 3 is 2.65 bits per heavy atom. The molecule has 1 aliphatic rings. The number of rotatable bonds is 5. The maximum atomic E-state index is 12.4. The smallest absolute Gasteiger partial charge is 0.318 e. The molecular formula is C10H14N2O6S2. The second-order valence-electron chi connectivity index (χ2n) is 4.55. The first-order chi connectivity index (χ1) is 9.22. The first-order valence-corrected chi connectivity index (χ1v) is 9.05. The summed E-state index contributed by atoms with van der Waals surface area (Å²) in [6, 6.07) is 0.462. The van der Waals surface area contributed by atoms with E-state index in [-0.39, 0.29) is 22.8 Å². The molecule has 0 bridgehead atoms. The number of carboxylic acid groups (broad SMARTS) is 1. The molecule has 8 nitrogen and oxygen atoms in total. The normalized spacial score (nSPS) is 22.1. The summed E-state index contributed by atoms with van der Waals surface area (Å²) in [5.41, 5.74) is 0. The van der Waals surface area contributed by atoms with Gasteiger partial charge in [0.2, 0.25) is 10.0 Å². The highest BCUT2D eigenvalue weighted by atomic mass is 32.2. The van der Waals surface area contributed by atoms with E-state index in [2.05, 4.69) is 4.98 Å².